The second-order valence-corrected chi connectivity index (χ2v) is 5.10. The number of aliphatic hydroxyl groups is 3. The van der Waals surface area contributed by atoms with Crippen LogP contribution in [0.5, 0.6) is 0 Å². The van der Waals surface area contributed by atoms with Gasteiger partial charge in [-0.3, -0.25) is 24.0 Å². The van der Waals surface area contributed by atoms with Gasteiger partial charge in [-0.15, -0.1) is 0 Å². The zero-order chi connectivity index (χ0) is 18.5. The predicted molar refractivity (Wildman–Crippen MR) is 74.1 cm³/mol. The molecule has 0 aromatic rings. The molecule has 0 radical (unpaired) electrons. The summed E-state index contributed by atoms with van der Waals surface area (Å²) in [5.41, 5.74) is -2.90. The molecule has 9 heteroatoms. The highest BCUT2D eigenvalue weighted by Gasteiger charge is 2.59. The number of carbonyl (C=O) groups excluding carboxylic acids is 5. The fourth-order valence-electron chi connectivity index (χ4n) is 2.29. The van der Waals surface area contributed by atoms with E-state index in [4.69, 9.17) is 9.84 Å². The van der Waals surface area contributed by atoms with E-state index in [1.807, 2.05) is 0 Å². The molecule has 0 fully saturated rings. The molecular formula is C14H20O9. The van der Waals surface area contributed by atoms with Crippen molar-refractivity contribution in [2.45, 2.75) is 45.5 Å². The summed E-state index contributed by atoms with van der Waals surface area (Å²) in [6.07, 6.45) is -4.03. The highest BCUT2D eigenvalue weighted by atomic mass is 16.6. The quantitative estimate of drug-likeness (QED) is 0.246. The lowest BCUT2D eigenvalue weighted by molar-refractivity contribution is -0.188. The van der Waals surface area contributed by atoms with E-state index in [1.54, 1.807) is 0 Å². The lowest BCUT2D eigenvalue weighted by Crippen LogP contribution is -2.63. The summed E-state index contributed by atoms with van der Waals surface area (Å²) < 4.78 is 4.73. The molecular weight excluding hydrogens is 312 g/mol. The summed E-state index contributed by atoms with van der Waals surface area (Å²) in [6, 6.07) is 0. The first kappa shape index (κ1) is 21.0. The molecule has 0 unspecified atom stereocenters. The van der Waals surface area contributed by atoms with Crippen LogP contribution in [-0.4, -0.2) is 68.8 Å². The van der Waals surface area contributed by atoms with E-state index in [0.717, 1.165) is 27.7 Å². The molecule has 0 heterocycles. The van der Waals surface area contributed by atoms with Gasteiger partial charge in [-0.05, 0) is 13.8 Å². The Bertz CT molecular complexity index is 524. The van der Waals surface area contributed by atoms with E-state index in [0.29, 0.717) is 0 Å². The summed E-state index contributed by atoms with van der Waals surface area (Å²) in [7, 11) is 0. The Balaban J connectivity index is 6.49. The van der Waals surface area contributed by atoms with Crippen LogP contribution in [0.25, 0.3) is 0 Å². The smallest absolute Gasteiger partial charge is 0.304 e. The molecule has 0 amide bonds. The number of hydrogen-bond donors (Lipinski definition) is 3. The van der Waals surface area contributed by atoms with Crippen molar-refractivity contribution < 1.29 is 44.0 Å². The van der Waals surface area contributed by atoms with Crippen LogP contribution < -0.4 is 0 Å². The number of ketones is 4. The van der Waals surface area contributed by atoms with Gasteiger partial charge in [0.05, 0.1) is 12.7 Å². The van der Waals surface area contributed by atoms with Crippen molar-refractivity contribution in [2.24, 2.45) is 5.92 Å². The van der Waals surface area contributed by atoms with Gasteiger partial charge in [-0.25, -0.2) is 0 Å². The Kier molecular flexibility index (Phi) is 7.35. The molecule has 0 bridgehead atoms. The highest BCUT2D eigenvalue weighted by Crippen LogP contribution is 2.31. The van der Waals surface area contributed by atoms with E-state index < -0.39 is 59.4 Å². The Morgan fingerprint density at radius 3 is 1.74 bits per heavy atom. The van der Waals surface area contributed by atoms with Crippen LogP contribution in [-0.2, 0) is 28.7 Å². The molecule has 0 aliphatic heterocycles. The molecule has 0 aromatic carbocycles. The maximum Gasteiger partial charge on any atom is 0.304 e. The van der Waals surface area contributed by atoms with Crippen molar-refractivity contribution in [1.29, 1.82) is 0 Å². The number of esters is 1. The number of ether oxygens (including phenoxy) is 1. The first-order chi connectivity index (χ1) is 10.4. The maximum absolute atomic E-state index is 12.2. The van der Waals surface area contributed by atoms with Crippen LogP contribution in [0.4, 0.5) is 0 Å². The molecule has 9 nitrogen and oxygen atoms in total. The topological polar surface area (TPSA) is 155 Å². The summed E-state index contributed by atoms with van der Waals surface area (Å²) in [4.78, 5) is 59.0. The molecule has 0 rings (SSSR count). The number of rotatable bonds is 9. The van der Waals surface area contributed by atoms with Gasteiger partial charge in [-0.2, -0.15) is 0 Å². The van der Waals surface area contributed by atoms with Gasteiger partial charge >= 0.3 is 5.97 Å². The SMILES string of the molecule is CC(=O)O[C@@](C(C)=O)(C(=O)C(C)=O)[C@@H](C(C)=O)[C@H](O)[C@H](O)CO. The Morgan fingerprint density at radius 1 is 1.00 bits per heavy atom. The van der Waals surface area contributed by atoms with Gasteiger partial charge in [0.25, 0.3) is 0 Å². The van der Waals surface area contributed by atoms with Crippen molar-refractivity contribution in [3.05, 3.63) is 0 Å². The van der Waals surface area contributed by atoms with E-state index in [9.17, 15) is 34.2 Å². The van der Waals surface area contributed by atoms with Gasteiger partial charge in [0.2, 0.25) is 11.4 Å². The summed E-state index contributed by atoms with van der Waals surface area (Å²) in [6.45, 7) is 2.34. The minimum absolute atomic E-state index is 0.801. The molecule has 23 heavy (non-hydrogen) atoms. The molecule has 0 saturated heterocycles. The van der Waals surface area contributed by atoms with E-state index in [2.05, 4.69) is 0 Å². The fourth-order valence-corrected chi connectivity index (χ4v) is 2.29. The van der Waals surface area contributed by atoms with Crippen molar-refractivity contribution in [2.75, 3.05) is 6.61 Å². The predicted octanol–water partition coefficient (Wildman–Crippen LogP) is -2.05. The van der Waals surface area contributed by atoms with Crippen LogP contribution in [0, 0.1) is 5.92 Å². The minimum Gasteiger partial charge on any atom is -0.442 e. The first-order valence-corrected chi connectivity index (χ1v) is 6.66. The van der Waals surface area contributed by atoms with Crippen LogP contribution in [0.3, 0.4) is 0 Å². The van der Waals surface area contributed by atoms with Crippen molar-refractivity contribution in [3.8, 4) is 0 Å². The van der Waals surface area contributed by atoms with Crippen molar-refractivity contribution in [3.63, 3.8) is 0 Å². The number of hydrogen-bond acceptors (Lipinski definition) is 9. The molecule has 0 saturated carbocycles. The number of aliphatic hydroxyl groups excluding tert-OH is 3. The highest BCUT2D eigenvalue weighted by molar-refractivity contribution is 6.45. The average Bonchev–Trinajstić information content (AvgIpc) is 2.42. The fraction of sp³-hybridized carbons (Fsp3) is 0.643. The number of Topliss-reactive ketones (excluding diaryl/α,β-unsaturated/α-hetero) is 4. The van der Waals surface area contributed by atoms with Gasteiger partial charge in [0, 0.05) is 13.8 Å². The van der Waals surface area contributed by atoms with Gasteiger partial charge in [0.1, 0.15) is 17.8 Å². The summed E-state index contributed by atoms with van der Waals surface area (Å²) in [5.74, 6) is -8.05. The number of carbonyl (C=O) groups is 5. The normalized spacial score (nSPS) is 17.3. The zero-order valence-electron chi connectivity index (χ0n) is 13.2. The van der Waals surface area contributed by atoms with Gasteiger partial charge in [0.15, 0.2) is 11.6 Å². The summed E-state index contributed by atoms with van der Waals surface area (Å²) in [5, 5.41) is 28.5. The molecule has 4 atom stereocenters. The zero-order valence-corrected chi connectivity index (χ0v) is 13.2. The second kappa shape index (κ2) is 8.04. The monoisotopic (exact) mass is 332 g/mol. The van der Waals surface area contributed by atoms with Gasteiger partial charge in [-0.1, -0.05) is 0 Å². The van der Waals surface area contributed by atoms with Crippen molar-refractivity contribution >= 4 is 29.1 Å². The third-order valence-corrected chi connectivity index (χ3v) is 3.28. The molecule has 0 aliphatic rings. The van der Waals surface area contributed by atoms with E-state index >= 15 is 0 Å². The lowest BCUT2D eigenvalue weighted by atomic mass is 9.73. The minimum atomic E-state index is -2.90. The Hall–Kier alpha value is -1.97. The van der Waals surface area contributed by atoms with Crippen LogP contribution >= 0.6 is 0 Å². The van der Waals surface area contributed by atoms with Crippen LogP contribution in [0.15, 0.2) is 0 Å². The Labute approximate surface area is 132 Å². The van der Waals surface area contributed by atoms with E-state index in [1.165, 1.54) is 0 Å². The maximum atomic E-state index is 12.2. The lowest BCUT2D eigenvalue weighted by Gasteiger charge is -2.37. The van der Waals surface area contributed by atoms with Crippen LogP contribution in [0.1, 0.15) is 27.7 Å². The molecule has 3 N–H and O–H groups in total. The van der Waals surface area contributed by atoms with Crippen molar-refractivity contribution in [1.82, 2.24) is 0 Å². The Morgan fingerprint density at radius 2 is 1.48 bits per heavy atom. The largest absolute Gasteiger partial charge is 0.442 e. The standard InChI is InChI=1S/C14H20O9/c1-6(16)11(12(21)10(20)5-15)14(8(3)18,23-9(4)19)13(22)7(2)17/h10-12,15,20-21H,5H2,1-4H3/t10-,11+,12-,14-/m1/s1. The second-order valence-electron chi connectivity index (χ2n) is 5.10. The average molecular weight is 332 g/mol. The third kappa shape index (κ3) is 4.27. The van der Waals surface area contributed by atoms with Gasteiger partial charge < -0.3 is 20.1 Å². The molecule has 130 valence electrons. The molecule has 0 spiro atoms. The molecule has 0 aliphatic carbocycles. The van der Waals surface area contributed by atoms with E-state index in [-0.39, 0.29) is 0 Å². The third-order valence-electron chi connectivity index (χ3n) is 3.28. The first-order valence-electron chi connectivity index (χ1n) is 6.66. The molecule has 0 aromatic heterocycles. The summed E-state index contributed by atoms with van der Waals surface area (Å²) >= 11 is 0. The van der Waals surface area contributed by atoms with Crippen LogP contribution in [0.2, 0.25) is 0 Å².